The maximum atomic E-state index is 14.3. The topological polar surface area (TPSA) is 83.7 Å². The van der Waals surface area contributed by atoms with Crippen LogP contribution in [0.4, 0.5) is 10.1 Å². The van der Waals surface area contributed by atoms with Crippen LogP contribution >= 0.6 is 0 Å². The van der Waals surface area contributed by atoms with Crippen molar-refractivity contribution in [2.24, 2.45) is 5.73 Å². The number of anilines is 1. The Morgan fingerprint density at radius 2 is 1.90 bits per heavy atom. The molecule has 3 aromatic heterocycles. The number of hydrogen-bond acceptors (Lipinski definition) is 5. The van der Waals surface area contributed by atoms with Gasteiger partial charge in [-0.05, 0) is 37.1 Å². The first-order chi connectivity index (χ1) is 14.2. The zero-order valence-electron chi connectivity index (χ0n) is 15.8. The molecule has 146 valence electrons. The van der Waals surface area contributed by atoms with Gasteiger partial charge in [-0.3, -0.25) is 15.1 Å². The van der Waals surface area contributed by atoms with Crippen LogP contribution in [-0.2, 0) is 0 Å². The summed E-state index contributed by atoms with van der Waals surface area (Å²) in [6, 6.07) is 11.0. The van der Waals surface area contributed by atoms with E-state index < -0.39 is 0 Å². The van der Waals surface area contributed by atoms with Crippen molar-refractivity contribution in [1.29, 1.82) is 0 Å². The summed E-state index contributed by atoms with van der Waals surface area (Å²) in [5, 5.41) is 8.09. The van der Waals surface area contributed by atoms with Gasteiger partial charge in [-0.25, -0.2) is 4.39 Å². The molecule has 0 aliphatic carbocycles. The molecule has 4 heterocycles. The highest BCUT2D eigenvalue weighted by Crippen LogP contribution is 2.31. The Morgan fingerprint density at radius 1 is 1.07 bits per heavy atom. The van der Waals surface area contributed by atoms with Gasteiger partial charge in [0.05, 0.1) is 29.3 Å². The third-order valence-corrected chi connectivity index (χ3v) is 5.50. The number of benzene rings is 1. The van der Waals surface area contributed by atoms with Crippen LogP contribution in [0.5, 0.6) is 0 Å². The van der Waals surface area contributed by atoms with Gasteiger partial charge < -0.3 is 10.6 Å². The summed E-state index contributed by atoms with van der Waals surface area (Å²) in [5.74, 6) is -0.300. The Labute approximate surface area is 167 Å². The molecule has 1 fully saturated rings. The van der Waals surface area contributed by atoms with Gasteiger partial charge in [-0.15, -0.1) is 0 Å². The third kappa shape index (κ3) is 3.34. The van der Waals surface area contributed by atoms with Crippen molar-refractivity contribution in [3.05, 3.63) is 60.8 Å². The van der Waals surface area contributed by atoms with E-state index >= 15 is 0 Å². The molecule has 0 amide bonds. The smallest absolute Gasteiger partial charge is 0.132 e. The largest absolute Gasteiger partial charge is 0.370 e. The van der Waals surface area contributed by atoms with Crippen LogP contribution < -0.4 is 10.6 Å². The van der Waals surface area contributed by atoms with Gasteiger partial charge in [0.25, 0.3) is 0 Å². The van der Waals surface area contributed by atoms with E-state index in [1.54, 1.807) is 30.6 Å². The van der Waals surface area contributed by atoms with Crippen molar-refractivity contribution in [2.45, 2.75) is 18.9 Å². The maximum Gasteiger partial charge on any atom is 0.132 e. The van der Waals surface area contributed by atoms with E-state index in [0.29, 0.717) is 11.3 Å². The Kier molecular flexibility index (Phi) is 4.44. The predicted molar refractivity (Wildman–Crippen MR) is 112 cm³/mol. The molecule has 5 rings (SSSR count). The Balaban J connectivity index is 1.54. The fourth-order valence-corrected chi connectivity index (χ4v) is 3.83. The molecule has 0 bridgehead atoms. The van der Waals surface area contributed by atoms with E-state index in [1.807, 2.05) is 12.3 Å². The lowest BCUT2D eigenvalue weighted by Gasteiger charge is -2.31. The first kappa shape index (κ1) is 17.8. The molecular weight excluding hydrogens is 367 g/mol. The monoisotopic (exact) mass is 388 g/mol. The van der Waals surface area contributed by atoms with Gasteiger partial charge >= 0.3 is 0 Å². The number of fused-ring (bicyclic) bond motifs is 1. The van der Waals surface area contributed by atoms with Crippen molar-refractivity contribution in [2.75, 3.05) is 18.0 Å². The summed E-state index contributed by atoms with van der Waals surface area (Å²) in [6.45, 7) is 1.86. The number of hydrogen-bond donors (Lipinski definition) is 2. The maximum absolute atomic E-state index is 14.3. The second-order valence-corrected chi connectivity index (χ2v) is 7.42. The number of aromatic nitrogens is 4. The van der Waals surface area contributed by atoms with Gasteiger partial charge in [0.2, 0.25) is 0 Å². The van der Waals surface area contributed by atoms with Gasteiger partial charge in [0.1, 0.15) is 11.5 Å². The van der Waals surface area contributed by atoms with E-state index in [9.17, 15) is 4.39 Å². The van der Waals surface area contributed by atoms with Crippen molar-refractivity contribution >= 4 is 16.6 Å². The highest BCUT2D eigenvalue weighted by molar-refractivity contribution is 5.94. The number of piperidine rings is 1. The van der Waals surface area contributed by atoms with Crippen LogP contribution in [0.15, 0.2) is 55.0 Å². The molecule has 1 aliphatic rings. The van der Waals surface area contributed by atoms with Crippen molar-refractivity contribution in [3.63, 3.8) is 0 Å². The Bertz CT molecular complexity index is 1160. The van der Waals surface area contributed by atoms with E-state index in [4.69, 9.17) is 5.73 Å². The predicted octanol–water partition coefficient (Wildman–Crippen LogP) is 3.75. The standard InChI is InChI=1S/C22H21FN6/c23-19-4-2-1-3-17(19)22-18-10-20(26-13-21(18)27-28-22)14-9-16(12-25-11-14)29-7-5-15(24)6-8-29/h1-4,9-13,15H,5-8,24H2,(H,27,28). The van der Waals surface area contributed by atoms with Gasteiger partial charge in [-0.2, -0.15) is 5.10 Å². The molecule has 4 aromatic rings. The van der Waals surface area contributed by atoms with Crippen LogP contribution in [-0.4, -0.2) is 39.3 Å². The number of pyridine rings is 2. The van der Waals surface area contributed by atoms with Gasteiger partial charge in [0, 0.05) is 41.8 Å². The fourth-order valence-electron chi connectivity index (χ4n) is 3.83. The molecule has 7 heteroatoms. The first-order valence-corrected chi connectivity index (χ1v) is 9.74. The summed E-state index contributed by atoms with van der Waals surface area (Å²) in [6.07, 6.45) is 7.37. The zero-order chi connectivity index (χ0) is 19.8. The molecule has 0 spiro atoms. The average molecular weight is 388 g/mol. The number of halogens is 1. The Morgan fingerprint density at radius 3 is 2.72 bits per heavy atom. The van der Waals surface area contributed by atoms with Crippen molar-refractivity contribution < 1.29 is 4.39 Å². The molecular formula is C22H21FN6. The highest BCUT2D eigenvalue weighted by atomic mass is 19.1. The molecule has 0 saturated carbocycles. The normalized spacial score (nSPS) is 15.2. The summed E-state index contributed by atoms with van der Waals surface area (Å²) in [4.78, 5) is 11.3. The SMILES string of the molecule is NC1CCN(c2cncc(-c3cc4c(-c5ccccc5F)n[nH]c4cn3)c2)CC1. The molecule has 1 saturated heterocycles. The number of nitrogens with zero attached hydrogens (tertiary/aromatic N) is 4. The molecule has 0 unspecified atom stereocenters. The minimum Gasteiger partial charge on any atom is -0.370 e. The second kappa shape index (κ2) is 7.25. The van der Waals surface area contributed by atoms with Crippen LogP contribution in [0, 0.1) is 5.82 Å². The third-order valence-electron chi connectivity index (χ3n) is 5.50. The first-order valence-electron chi connectivity index (χ1n) is 9.74. The summed E-state index contributed by atoms with van der Waals surface area (Å²) < 4.78 is 14.3. The van der Waals surface area contributed by atoms with Crippen LogP contribution in [0.1, 0.15) is 12.8 Å². The lowest BCUT2D eigenvalue weighted by molar-refractivity contribution is 0.501. The van der Waals surface area contributed by atoms with Crippen LogP contribution in [0.3, 0.4) is 0 Å². The summed E-state index contributed by atoms with van der Waals surface area (Å²) in [5.41, 5.74) is 10.6. The quantitative estimate of drug-likeness (QED) is 0.558. The summed E-state index contributed by atoms with van der Waals surface area (Å²) in [7, 11) is 0. The molecule has 0 radical (unpaired) electrons. The zero-order valence-corrected chi connectivity index (χ0v) is 15.8. The number of aromatic amines is 1. The van der Waals surface area contributed by atoms with Gasteiger partial charge in [-0.1, -0.05) is 12.1 Å². The van der Waals surface area contributed by atoms with E-state index in [2.05, 4.69) is 31.1 Å². The van der Waals surface area contributed by atoms with E-state index in [1.165, 1.54) is 6.07 Å². The lowest BCUT2D eigenvalue weighted by Crippen LogP contribution is -2.39. The van der Waals surface area contributed by atoms with Crippen LogP contribution in [0.25, 0.3) is 33.4 Å². The molecule has 6 nitrogen and oxygen atoms in total. The minimum atomic E-state index is -0.300. The number of H-pyrrole nitrogens is 1. The highest BCUT2D eigenvalue weighted by Gasteiger charge is 2.18. The van der Waals surface area contributed by atoms with Crippen LogP contribution in [0.2, 0.25) is 0 Å². The summed E-state index contributed by atoms with van der Waals surface area (Å²) >= 11 is 0. The number of nitrogens with two attached hydrogens (primary N) is 1. The number of nitrogens with one attached hydrogen (secondary N) is 1. The fraction of sp³-hybridized carbons (Fsp3) is 0.227. The average Bonchev–Trinajstić information content (AvgIpc) is 3.18. The van der Waals surface area contributed by atoms with E-state index in [0.717, 1.165) is 53.8 Å². The lowest BCUT2D eigenvalue weighted by atomic mass is 10.0. The molecule has 1 aliphatic heterocycles. The van der Waals surface area contributed by atoms with E-state index in [-0.39, 0.29) is 11.9 Å². The van der Waals surface area contributed by atoms with Crippen molar-refractivity contribution in [3.8, 4) is 22.5 Å². The van der Waals surface area contributed by atoms with Crippen molar-refractivity contribution in [1.82, 2.24) is 20.2 Å². The Hall–Kier alpha value is -3.32. The minimum absolute atomic E-state index is 0.282. The number of rotatable bonds is 3. The molecule has 1 aromatic carbocycles. The molecule has 3 N–H and O–H groups in total. The molecule has 0 atom stereocenters. The van der Waals surface area contributed by atoms with Gasteiger partial charge in [0.15, 0.2) is 0 Å². The second-order valence-electron chi connectivity index (χ2n) is 7.42. The molecule has 29 heavy (non-hydrogen) atoms.